The lowest BCUT2D eigenvalue weighted by Crippen LogP contribution is -2.36. The molecule has 0 saturated heterocycles. The fraction of sp³-hybridized carbons (Fsp3) is 0.500. The largest absolute Gasteiger partial charge is 0.443 e. The molecule has 0 bridgehead atoms. The van der Waals surface area contributed by atoms with Gasteiger partial charge in [-0.1, -0.05) is 18.2 Å². The highest BCUT2D eigenvalue weighted by molar-refractivity contribution is 7.90. The summed E-state index contributed by atoms with van der Waals surface area (Å²) in [4.78, 5) is 11.6. The number of carbonyl (C=O) groups excluding carboxylic acids is 1. The lowest BCUT2D eigenvalue weighted by atomic mass is 10.1. The predicted molar refractivity (Wildman–Crippen MR) is 78.4 cm³/mol. The number of sulfonamides is 1. The fourth-order valence-corrected chi connectivity index (χ4v) is 2.84. The van der Waals surface area contributed by atoms with Crippen molar-refractivity contribution in [1.82, 2.24) is 4.72 Å². The van der Waals surface area contributed by atoms with Gasteiger partial charge in [0.05, 0.1) is 11.0 Å². The molecule has 1 amide bonds. The van der Waals surface area contributed by atoms with Crippen LogP contribution < -0.4 is 4.72 Å². The molecule has 21 heavy (non-hydrogen) atoms. The second-order valence-electron chi connectivity index (χ2n) is 5.77. The number of hydrogen-bond acceptors (Lipinski definition) is 5. The van der Waals surface area contributed by atoms with Gasteiger partial charge in [0.1, 0.15) is 5.60 Å². The van der Waals surface area contributed by atoms with Crippen LogP contribution in [0.1, 0.15) is 33.3 Å². The minimum absolute atomic E-state index is 0.0447. The highest BCUT2D eigenvalue weighted by Gasteiger charge is 2.24. The zero-order valence-corrected chi connectivity index (χ0v) is 13.4. The van der Waals surface area contributed by atoms with Crippen molar-refractivity contribution in [2.24, 2.45) is 0 Å². The second-order valence-corrected chi connectivity index (χ2v) is 7.42. The minimum Gasteiger partial charge on any atom is -0.443 e. The van der Waals surface area contributed by atoms with Crippen LogP contribution in [0.2, 0.25) is 0 Å². The number of amides is 1. The molecule has 0 heterocycles. The van der Waals surface area contributed by atoms with Crippen LogP contribution in [0.3, 0.4) is 0 Å². The molecule has 7 heteroatoms. The molecule has 118 valence electrons. The summed E-state index contributed by atoms with van der Waals surface area (Å²) in [6.45, 7) is 6.48. The normalized spacial score (nSPS) is 13.6. The lowest BCUT2D eigenvalue weighted by molar-refractivity contribution is 0.0570. The van der Waals surface area contributed by atoms with Crippen molar-refractivity contribution in [1.29, 1.82) is 0 Å². The molecule has 1 unspecified atom stereocenters. The van der Waals surface area contributed by atoms with Crippen LogP contribution in [0.15, 0.2) is 29.2 Å². The highest BCUT2D eigenvalue weighted by Crippen LogP contribution is 2.17. The molecule has 0 aliphatic carbocycles. The molecule has 0 saturated carbocycles. The Morgan fingerprint density at radius 1 is 1.33 bits per heavy atom. The van der Waals surface area contributed by atoms with Gasteiger partial charge in [-0.15, -0.1) is 0 Å². The summed E-state index contributed by atoms with van der Waals surface area (Å²) in [5.74, 6) is 0. The monoisotopic (exact) mass is 315 g/mol. The van der Waals surface area contributed by atoms with Gasteiger partial charge in [0.2, 0.25) is 0 Å². The SMILES string of the molecule is CC(O)Cc1ccccc1S(=O)(=O)NC(=O)OC(C)(C)C. The lowest BCUT2D eigenvalue weighted by Gasteiger charge is -2.20. The molecule has 0 aliphatic heterocycles. The Morgan fingerprint density at radius 2 is 1.90 bits per heavy atom. The van der Waals surface area contributed by atoms with Gasteiger partial charge in [0, 0.05) is 0 Å². The molecule has 1 rings (SSSR count). The van der Waals surface area contributed by atoms with E-state index in [4.69, 9.17) is 4.74 Å². The summed E-state index contributed by atoms with van der Waals surface area (Å²) >= 11 is 0. The molecule has 1 aromatic carbocycles. The number of benzene rings is 1. The summed E-state index contributed by atoms with van der Waals surface area (Å²) in [7, 11) is -4.04. The number of rotatable bonds is 4. The third-order valence-corrected chi connectivity index (χ3v) is 3.81. The van der Waals surface area contributed by atoms with Gasteiger partial charge in [0.25, 0.3) is 10.0 Å². The first-order valence-electron chi connectivity index (χ1n) is 6.53. The van der Waals surface area contributed by atoms with Crippen molar-refractivity contribution in [2.75, 3.05) is 0 Å². The van der Waals surface area contributed by atoms with Gasteiger partial charge in [-0.2, -0.15) is 0 Å². The first kappa shape index (κ1) is 17.5. The molecule has 6 nitrogen and oxygen atoms in total. The Bertz CT molecular complexity index is 602. The molecule has 0 radical (unpaired) electrons. The minimum atomic E-state index is -4.04. The third kappa shape index (κ3) is 5.73. The smallest absolute Gasteiger partial charge is 0.421 e. The van der Waals surface area contributed by atoms with Crippen molar-refractivity contribution >= 4 is 16.1 Å². The summed E-state index contributed by atoms with van der Waals surface area (Å²) < 4.78 is 31.3. The number of aliphatic hydroxyl groups excluding tert-OH is 1. The topological polar surface area (TPSA) is 92.7 Å². The third-order valence-electron chi connectivity index (χ3n) is 2.39. The van der Waals surface area contributed by atoms with Crippen molar-refractivity contribution in [2.45, 2.75) is 50.7 Å². The fourth-order valence-electron chi connectivity index (χ4n) is 1.72. The zero-order chi connectivity index (χ0) is 16.3. The average Bonchev–Trinajstić information content (AvgIpc) is 2.24. The van der Waals surface area contributed by atoms with Crippen molar-refractivity contribution in [3.63, 3.8) is 0 Å². The Hall–Kier alpha value is -1.60. The van der Waals surface area contributed by atoms with Gasteiger partial charge in [0.15, 0.2) is 0 Å². The van der Waals surface area contributed by atoms with Crippen LogP contribution in [-0.4, -0.2) is 31.3 Å². The van der Waals surface area contributed by atoms with E-state index >= 15 is 0 Å². The van der Waals surface area contributed by atoms with E-state index in [2.05, 4.69) is 0 Å². The molecule has 0 aliphatic rings. The van der Waals surface area contributed by atoms with Gasteiger partial charge >= 0.3 is 6.09 Å². The maximum absolute atomic E-state index is 12.2. The quantitative estimate of drug-likeness (QED) is 0.884. The van der Waals surface area contributed by atoms with Crippen LogP contribution in [0.4, 0.5) is 4.79 Å². The van der Waals surface area contributed by atoms with Crippen molar-refractivity contribution in [3.05, 3.63) is 29.8 Å². The maximum Gasteiger partial charge on any atom is 0.421 e. The number of nitrogens with one attached hydrogen (secondary N) is 1. The van der Waals surface area contributed by atoms with Crippen molar-refractivity contribution < 1.29 is 23.1 Å². The van der Waals surface area contributed by atoms with Crippen LogP contribution in [0, 0.1) is 0 Å². The van der Waals surface area contributed by atoms with Crippen molar-refractivity contribution in [3.8, 4) is 0 Å². The maximum atomic E-state index is 12.2. The Balaban J connectivity index is 3.01. The molecular formula is C14H21NO5S. The van der Waals surface area contributed by atoms with Gasteiger partial charge in [-0.05, 0) is 45.7 Å². The van der Waals surface area contributed by atoms with Crippen LogP contribution in [0.5, 0.6) is 0 Å². The number of carbonyl (C=O) groups is 1. The predicted octanol–water partition coefficient (Wildman–Crippen LogP) is 1.82. The van der Waals surface area contributed by atoms with E-state index in [9.17, 15) is 18.3 Å². The van der Waals surface area contributed by atoms with E-state index in [0.29, 0.717) is 5.56 Å². The molecule has 2 N–H and O–H groups in total. The molecular weight excluding hydrogens is 294 g/mol. The Morgan fingerprint density at radius 3 is 2.43 bits per heavy atom. The van der Waals surface area contributed by atoms with Gasteiger partial charge in [-0.25, -0.2) is 17.9 Å². The number of hydrogen-bond donors (Lipinski definition) is 2. The van der Waals surface area contributed by atoms with E-state index in [1.165, 1.54) is 6.07 Å². The molecule has 1 aromatic rings. The molecule has 0 fully saturated rings. The van der Waals surface area contributed by atoms with E-state index in [0.717, 1.165) is 0 Å². The zero-order valence-electron chi connectivity index (χ0n) is 12.6. The van der Waals surface area contributed by atoms with E-state index in [-0.39, 0.29) is 11.3 Å². The Labute approximate surface area is 125 Å². The van der Waals surface area contributed by atoms with E-state index in [1.54, 1.807) is 45.9 Å². The highest BCUT2D eigenvalue weighted by atomic mass is 32.2. The Kier molecular flexibility index (Phi) is 5.36. The second kappa shape index (κ2) is 6.44. The summed E-state index contributed by atoms with van der Waals surface area (Å²) in [6.07, 6.45) is -1.55. The first-order valence-corrected chi connectivity index (χ1v) is 8.01. The molecule has 0 aromatic heterocycles. The summed E-state index contributed by atoms with van der Waals surface area (Å²) in [6, 6.07) is 6.19. The molecule has 1 atom stereocenters. The van der Waals surface area contributed by atoms with E-state index < -0.39 is 27.8 Å². The van der Waals surface area contributed by atoms with Crippen LogP contribution >= 0.6 is 0 Å². The summed E-state index contributed by atoms with van der Waals surface area (Å²) in [5, 5.41) is 9.42. The first-order chi connectivity index (χ1) is 9.51. The standard InChI is InChI=1S/C14H21NO5S/c1-10(16)9-11-7-5-6-8-12(11)21(18,19)15-13(17)20-14(2,3)4/h5-8,10,16H,9H2,1-4H3,(H,15,17). The van der Waals surface area contributed by atoms with E-state index in [1.807, 2.05) is 4.72 Å². The van der Waals surface area contributed by atoms with Crippen LogP contribution in [0.25, 0.3) is 0 Å². The summed E-state index contributed by atoms with van der Waals surface area (Å²) in [5.41, 5.74) is -0.359. The number of aliphatic hydroxyl groups is 1. The van der Waals surface area contributed by atoms with Crippen LogP contribution in [-0.2, 0) is 21.2 Å². The van der Waals surface area contributed by atoms with Gasteiger partial charge < -0.3 is 9.84 Å². The van der Waals surface area contributed by atoms with Gasteiger partial charge in [-0.3, -0.25) is 0 Å². The average molecular weight is 315 g/mol. The molecule has 0 spiro atoms. The number of ether oxygens (including phenoxy) is 1.